The number of carbonyl (C=O) groups excluding carboxylic acids is 1. The Hall–Kier alpha value is -1.90. The highest BCUT2D eigenvalue weighted by Gasteiger charge is 2.37. The Bertz CT molecular complexity index is 504. The number of rotatable bonds is 3. The number of hydrazone groups is 1. The van der Waals surface area contributed by atoms with Gasteiger partial charge in [0.05, 0.1) is 6.42 Å². The lowest BCUT2D eigenvalue weighted by Crippen LogP contribution is -2.35. The molecule has 0 radical (unpaired) electrons. The normalized spacial score (nSPS) is 26.8. The Morgan fingerprint density at radius 1 is 1.33 bits per heavy atom. The fourth-order valence-electron chi connectivity index (χ4n) is 2.62. The van der Waals surface area contributed by atoms with E-state index in [1.807, 2.05) is 30.3 Å². The van der Waals surface area contributed by atoms with E-state index >= 15 is 0 Å². The van der Waals surface area contributed by atoms with Crippen LogP contribution < -0.4 is 5.43 Å². The van der Waals surface area contributed by atoms with Gasteiger partial charge in [0.2, 0.25) is 5.91 Å². The number of benzene rings is 1. The molecule has 0 heterocycles. The monoisotopic (exact) mass is 240 g/mol. The summed E-state index contributed by atoms with van der Waals surface area (Å²) < 4.78 is 0. The molecule has 0 aliphatic heterocycles. The molecular weight excluding hydrogens is 224 g/mol. The molecule has 1 fully saturated rings. The maximum atomic E-state index is 11.7. The fourth-order valence-corrected chi connectivity index (χ4v) is 2.62. The fraction of sp³-hybridized carbons (Fsp3) is 0.333. The second kappa shape index (κ2) is 4.77. The van der Waals surface area contributed by atoms with Crippen LogP contribution in [-0.4, -0.2) is 11.6 Å². The van der Waals surface area contributed by atoms with Gasteiger partial charge in [-0.15, -0.1) is 0 Å². The van der Waals surface area contributed by atoms with Gasteiger partial charge in [-0.05, 0) is 24.3 Å². The van der Waals surface area contributed by atoms with Crippen LogP contribution in [0.2, 0.25) is 0 Å². The second-order valence-electron chi connectivity index (χ2n) is 4.94. The zero-order chi connectivity index (χ0) is 12.4. The van der Waals surface area contributed by atoms with Crippen molar-refractivity contribution in [2.45, 2.75) is 19.3 Å². The van der Waals surface area contributed by atoms with E-state index in [2.05, 4.69) is 22.7 Å². The van der Waals surface area contributed by atoms with Gasteiger partial charge < -0.3 is 0 Å². The molecule has 1 aromatic rings. The smallest absolute Gasteiger partial charge is 0.244 e. The Labute approximate surface area is 107 Å². The van der Waals surface area contributed by atoms with Gasteiger partial charge in [0.1, 0.15) is 0 Å². The van der Waals surface area contributed by atoms with Crippen molar-refractivity contribution in [3.63, 3.8) is 0 Å². The number of amides is 1. The van der Waals surface area contributed by atoms with Gasteiger partial charge in [0, 0.05) is 11.6 Å². The maximum absolute atomic E-state index is 11.7. The van der Waals surface area contributed by atoms with Gasteiger partial charge in [0.15, 0.2) is 0 Å². The predicted octanol–water partition coefficient (Wildman–Crippen LogP) is 2.30. The molecule has 3 heteroatoms. The largest absolute Gasteiger partial charge is 0.273 e. The lowest BCUT2D eigenvalue weighted by atomic mass is 9.74. The average Bonchev–Trinajstić information content (AvgIpc) is 2.72. The number of allylic oxidation sites excluding steroid dienone is 2. The summed E-state index contributed by atoms with van der Waals surface area (Å²) in [5.74, 6) is 1.19. The molecule has 0 bridgehead atoms. The van der Waals surface area contributed by atoms with E-state index in [4.69, 9.17) is 0 Å². The first kappa shape index (κ1) is 11.2. The van der Waals surface area contributed by atoms with Crippen molar-refractivity contribution in [1.29, 1.82) is 0 Å². The summed E-state index contributed by atoms with van der Waals surface area (Å²) in [6, 6.07) is 9.73. The third-order valence-electron chi connectivity index (χ3n) is 3.69. The average molecular weight is 240 g/mol. The molecule has 1 saturated carbocycles. The molecule has 0 unspecified atom stereocenters. The number of hydrogen-bond acceptors (Lipinski definition) is 2. The van der Waals surface area contributed by atoms with Gasteiger partial charge in [-0.2, -0.15) is 5.10 Å². The molecule has 0 aromatic heterocycles. The number of nitrogens with one attached hydrogen (secondary N) is 1. The second-order valence-corrected chi connectivity index (χ2v) is 4.94. The maximum Gasteiger partial charge on any atom is 0.244 e. The van der Waals surface area contributed by atoms with Crippen molar-refractivity contribution in [3.8, 4) is 0 Å². The molecular formula is C15H16N2O. The van der Waals surface area contributed by atoms with Crippen molar-refractivity contribution in [1.82, 2.24) is 5.43 Å². The first-order valence-electron chi connectivity index (χ1n) is 6.39. The molecule has 2 aliphatic rings. The van der Waals surface area contributed by atoms with Crippen molar-refractivity contribution in [2.24, 2.45) is 16.9 Å². The number of carbonyl (C=O) groups is 1. The van der Waals surface area contributed by atoms with Crippen molar-refractivity contribution < 1.29 is 4.79 Å². The van der Waals surface area contributed by atoms with Gasteiger partial charge in [-0.3, -0.25) is 4.79 Å². The van der Waals surface area contributed by atoms with Crippen LogP contribution >= 0.6 is 0 Å². The van der Waals surface area contributed by atoms with Crippen LogP contribution in [0.1, 0.15) is 18.4 Å². The van der Waals surface area contributed by atoms with E-state index in [0.29, 0.717) is 18.3 Å². The Morgan fingerprint density at radius 2 is 2.17 bits per heavy atom. The van der Waals surface area contributed by atoms with Crippen LogP contribution in [-0.2, 0) is 11.2 Å². The van der Waals surface area contributed by atoms with Gasteiger partial charge in [-0.1, -0.05) is 42.5 Å². The van der Waals surface area contributed by atoms with Crippen LogP contribution in [0.15, 0.2) is 47.6 Å². The summed E-state index contributed by atoms with van der Waals surface area (Å²) in [5.41, 5.74) is 4.83. The SMILES string of the molecule is O=C(Cc1ccccc1)N/N=C1\C[C@H]2C=CC[C@H]12. The molecule has 3 rings (SSSR count). The molecule has 92 valence electrons. The topological polar surface area (TPSA) is 41.5 Å². The first-order valence-corrected chi connectivity index (χ1v) is 6.39. The lowest BCUT2D eigenvalue weighted by Gasteiger charge is -2.31. The van der Waals surface area contributed by atoms with E-state index in [-0.39, 0.29) is 5.91 Å². The predicted molar refractivity (Wildman–Crippen MR) is 71.1 cm³/mol. The van der Waals surface area contributed by atoms with Gasteiger partial charge in [0.25, 0.3) is 0 Å². The van der Waals surface area contributed by atoms with E-state index in [0.717, 1.165) is 24.1 Å². The van der Waals surface area contributed by atoms with Gasteiger partial charge >= 0.3 is 0 Å². The van der Waals surface area contributed by atoms with Crippen LogP contribution in [0.5, 0.6) is 0 Å². The summed E-state index contributed by atoms with van der Waals surface area (Å²) in [4.78, 5) is 11.7. The van der Waals surface area contributed by atoms with Crippen LogP contribution in [0, 0.1) is 11.8 Å². The lowest BCUT2D eigenvalue weighted by molar-refractivity contribution is -0.120. The number of fused-ring (bicyclic) bond motifs is 1. The van der Waals surface area contributed by atoms with E-state index < -0.39 is 0 Å². The zero-order valence-electron chi connectivity index (χ0n) is 10.2. The van der Waals surface area contributed by atoms with Crippen molar-refractivity contribution >= 4 is 11.6 Å². The molecule has 3 nitrogen and oxygen atoms in total. The van der Waals surface area contributed by atoms with Gasteiger partial charge in [-0.25, -0.2) is 5.43 Å². The molecule has 1 amide bonds. The third-order valence-corrected chi connectivity index (χ3v) is 3.69. The Kier molecular flexibility index (Phi) is 2.97. The van der Waals surface area contributed by atoms with Crippen LogP contribution in [0.25, 0.3) is 0 Å². The number of nitrogens with zero attached hydrogens (tertiary/aromatic N) is 1. The third kappa shape index (κ3) is 2.21. The molecule has 18 heavy (non-hydrogen) atoms. The molecule has 2 aliphatic carbocycles. The highest BCUT2D eigenvalue weighted by Crippen LogP contribution is 2.39. The standard InChI is InChI=1S/C15H16N2O/c18-15(9-11-5-2-1-3-6-11)17-16-14-10-12-7-4-8-13(12)14/h1-7,12-13H,8-10H2,(H,17,18)/b16-14+/t12-,13+/m1/s1. The first-order chi connectivity index (χ1) is 8.83. The Morgan fingerprint density at radius 3 is 2.94 bits per heavy atom. The van der Waals surface area contributed by atoms with Crippen LogP contribution in [0.3, 0.4) is 0 Å². The molecule has 0 saturated heterocycles. The minimum absolute atomic E-state index is 0.0388. The summed E-state index contributed by atoms with van der Waals surface area (Å²) in [7, 11) is 0. The quantitative estimate of drug-likeness (QED) is 0.639. The number of hydrogen-bond donors (Lipinski definition) is 1. The molecule has 0 spiro atoms. The molecule has 1 N–H and O–H groups in total. The summed E-state index contributed by atoms with van der Waals surface area (Å²) in [5, 5.41) is 4.25. The molecule has 2 atom stereocenters. The minimum Gasteiger partial charge on any atom is -0.273 e. The van der Waals surface area contributed by atoms with Crippen molar-refractivity contribution in [2.75, 3.05) is 0 Å². The summed E-state index contributed by atoms with van der Waals surface area (Å²) in [6.07, 6.45) is 6.95. The van der Waals surface area contributed by atoms with Crippen LogP contribution in [0.4, 0.5) is 0 Å². The minimum atomic E-state index is -0.0388. The molecule has 1 aromatic carbocycles. The van der Waals surface area contributed by atoms with E-state index in [1.165, 1.54) is 0 Å². The zero-order valence-corrected chi connectivity index (χ0v) is 10.2. The van der Waals surface area contributed by atoms with E-state index in [1.54, 1.807) is 0 Å². The highest BCUT2D eigenvalue weighted by atomic mass is 16.2. The summed E-state index contributed by atoms with van der Waals surface area (Å²) >= 11 is 0. The summed E-state index contributed by atoms with van der Waals surface area (Å²) in [6.45, 7) is 0. The van der Waals surface area contributed by atoms with E-state index in [9.17, 15) is 4.79 Å². The Balaban J connectivity index is 1.52. The highest BCUT2D eigenvalue weighted by molar-refractivity contribution is 5.95. The van der Waals surface area contributed by atoms with Crippen molar-refractivity contribution in [3.05, 3.63) is 48.0 Å².